The Labute approximate surface area is 166 Å². The van der Waals surface area contributed by atoms with E-state index in [1.165, 1.54) is 0 Å². The number of benzene rings is 1. The van der Waals surface area contributed by atoms with Gasteiger partial charge in [0.05, 0.1) is 23.6 Å². The van der Waals surface area contributed by atoms with Gasteiger partial charge in [-0.05, 0) is 31.4 Å². The highest BCUT2D eigenvalue weighted by Crippen LogP contribution is 2.33. The molecule has 1 aliphatic heterocycles. The maximum absolute atomic E-state index is 13.0. The molecule has 0 bridgehead atoms. The molecule has 0 radical (unpaired) electrons. The van der Waals surface area contributed by atoms with Crippen LogP contribution in [0.15, 0.2) is 18.2 Å². The fourth-order valence-corrected chi connectivity index (χ4v) is 4.06. The maximum Gasteiger partial charge on any atom is 0.264 e. The summed E-state index contributed by atoms with van der Waals surface area (Å²) in [5.74, 6) is -1.36. The number of nitrogens with one attached hydrogen (secondary N) is 1. The van der Waals surface area contributed by atoms with E-state index in [1.54, 1.807) is 18.2 Å². The molecule has 2 aliphatic rings. The van der Waals surface area contributed by atoms with Gasteiger partial charge in [-0.1, -0.05) is 34.8 Å². The highest BCUT2D eigenvalue weighted by molar-refractivity contribution is 9.09. The summed E-state index contributed by atoms with van der Waals surface area (Å²) >= 11 is 3.41. The van der Waals surface area contributed by atoms with Gasteiger partial charge in [-0.3, -0.25) is 24.1 Å². The number of imide groups is 1. The van der Waals surface area contributed by atoms with Crippen molar-refractivity contribution >= 4 is 45.0 Å². The molecule has 1 atom stereocenters. The van der Waals surface area contributed by atoms with Crippen molar-refractivity contribution < 1.29 is 19.2 Å². The first-order valence-corrected chi connectivity index (χ1v) is 10.5. The van der Waals surface area contributed by atoms with Crippen LogP contribution in [0, 0.1) is 0 Å². The third-order valence-corrected chi connectivity index (χ3v) is 5.63. The van der Waals surface area contributed by atoms with Crippen molar-refractivity contribution in [2.24, 2.45) is 0 Å². The molecular formula is C20H23BrN2O4. The summed E-state index contributed by atoms with van der Waals surface area (Å²) in [6.07, 6.45) is 4.61. The third kappa shape index (κ3) is 4.13. The van der Waals surface area contributed by atoms with Crippen molar-refractivity contribution in [2.75, 3.05) is 17.2 Å². The first-order chi connectivity index (χ1) is 13.0. The van der Waals surface area contributed by atoms with E-state index in [0.717, 1.165) is 42.5 Å². The maximum atomic E-state index is 13.0. The van der Waals surface area contributed by atoms with Crippen LogP contribution in [0.1, 0.15) is 65.7 Å². The lowest BCUT2D eigenvalue weighted by molar-refractivity contribution is -0.132. The average molecular weight is 435 g/mol. The normalized spacial score (nSPS) is 19.6. The molecule has 7 heteroatoms. The fraction of sp³-hybridized carbons (Fsp3) is 0.500. The number of ketones is 2. The Morgan fingerprint density at radius 2 is 1.81 bits per heavy atom. The number of fused-ring (bicyclic) bond motifs is 1. The molecule has 1 N–H and O–H groups in total. The number of carbonyl (C=O) groups excluding carboxylic acids is 4. The Bertz CT molecular complexity index is 777. The molecule has 1 fully saturated rings. The fourth-order valence-electron chi connectivity index (χ4n) is 3.66. The van der Waals surface area contributed by atoms with Crippen LogP contribution < -0.4 is 5.32 Å². The minimum atomic E-state index is -0.827. The SMILES string of the molecule is O=C1CCC(N2C(=O)c3cccc(NCCCCCCBr)c3C2=O)C(=O)C1. The predicted molar refractivity (Wildman–Crippen MR) is 105 cm³/mol. The van der Waals surface area contributed by atoms with Crippen LogP contribution in [-0.4, -0.2) is 46.2 Å². The smallest absolute Gasteiger partial charge is 0.264 e. The topological polar surface area (TPSA) is 83.6 Å². The first-order valence-electron chi connectivity index (χ1n) is 9.39. The van der Waals surface area contributed by atoms with E-state index in [1.807, 2.05) is 0 Å². The average Bonchev–Trinajstić information content (AvgIpc) is 2.90. The molecule has 1 saturated carbocycles. The molecule has 3 rings (SSSR count). The Morgan fingerprint density at radius 1 is 1.04 bits per heavy atom. The van der Waals surface area contributed by atoms with E-state index in [2.05, 4.69) is 21.2 Å². The van der Waals surface area contributed by atoms with Crippen LogP contribution in [0.2, 0.25) is 0 Å². The first kappa shape index (κ1) is 19.7. The highest BCUT2D eigenvalue weighted by Gasteiger charge is 2.45. The summed E-state index contributed by atoms with van der Waals surface area (Å²) in [4.78, 5) is 50.5. The van der Waals surface area contributed by atoms with Crippen molar-refractivity contribution in [3.63, 3.8) is 0 Å². The quantitative estimate of drug-likeness (QED) is 0.293. The van der Waals surface area contributed by atoms with E-state index in [9.17, 15) is 19.2 Å². The molecule has 1 aliphatic carbocycles. The van der Waals surface area contributed by atoms with Crippen LogP contribution in [0.25, 0.3) is 0 Å². The number of halogens is 1. The number of nitrogens with zero attached hydrogens (tertiary/aromatic N) is 1. The van der Waals surface area contributed by atoms with E-state index in [4.69, 9.17) is 0 Å². The van der Waals surface area contributed by atoms with Gasteiger partial charge in [0.1, 0.15) is 5.78 Å². The lowest BCUT2D eigenvalue weighted by atomic mass is 9.92. The van der Waals surface area contributed by atoms with Crippen molar-refractivity contribution in [1.29, 1.82) is 0 Å². The standard InChI is InChI=1S/C20H23BrN2O4/c21-10-3-1-2-4-11-22-15-7-5-6-14-18(15)20(27)23(19(14)26)16-9-8-13(24)12-17(16)25/h5-7,16,22H,1-4,8-12H2. The second kappa shape index (κ2) is 8.78. The number of carbonyl (C=O) groups is 4. The zero-order valence-corrected chi connectivity index (χ0v) is 16.7. The number of amides is 2. The number of alkyl halides is 1. The summed E-state index contributed by atoms with van der Waals surface area (Å²) < 4.78 is 0. The second-order valence-electron chi connectivity index (χ2n) is 6.97. The molecule has 6 nitrogen and oxygen atoms in total. The van der Waals surface area contributed by atoms with Gasteiger partial charge in [0.25, 0.3) is 11.8 Å². The van der Waals surface area contributed by atoms with Crippen molar-refractivity contribution in [1.82, 2.24) is 4.90 Å². The summed E-state index contributed by atoms with van der Waals surface area (Å²) in [5, 5.41) is 4.27. The number of hydrogen-bond acceptors (Lipinski definition) is 5. The number of unbranched alkanes of at least 4 members (excludes halogenated alkanes) is 3. The Morgan fingerprint density at radius 3 is 2.56 bits per heavy atom. The molecule has 1 aromatic carbocycles. The number of hydrogen-bond donors (Lipinski definition) is 1. The summed E-state index contributed by atoms with van der Waals surface area (Å²) in [5.41, 5.74) is 1.30. The van der Waals surface area contributed by atoms with Crippen LogP contribution in [0.4, 0.5) is 5.69 Å². The summed E-state index contributed by atoms with van der Waals surface area (Å²) in [6.45, 7) is 0.719. The Balaban J connectivity index is 1.72. The molecule has 2 amide bonds. The van der Waals surface area contributed by atoms with Gasteiger partial charge in [-0.15, -0.1) is 0 Å². The van der Waals surface area contributed by atoms with Crippen molar-refractivity contribution in [3.8, 4) is 0 Å². The van der Waals surface area contributed by atoms with Crippen LogP contribution in [0.3, 0.4) is 0 Å². The lowest BCUT2D eigenvalue weighted by Crippen LogP contribution is -2.47. The van der Waals surface area contributed by atoms with Crippen LogP contribution in [0.5, 0.6) is 0 Å². The van der Waals surface area contributed by atoms with Gasteiger partial charge in [0.2, 0.25) is 0 Å². The second-order valence-corrected chi connectivity index (χ2v) is 7.77. The van der Waals surface area contributed by atoms with Crippen LogP contribution >= 0.6 is 15.9 Å². The molecule has 27 heavy (non-hydrogen) atoms. The summed E-state index contributed by atoms with van der Waals surface area (Å²) in [6, 6.07) is 4.33. The highest BCUT2D eigenvalue weighted by atomic mass is 79.9. The van der Waals surface area contributed by atoms with E-state index >= 15 is 0 Å². The van der Waals surface area contributed by atoms with Crippen molar-refractivity contribution in [2.45, 2.75) is 51.0 Å². The monoisotopic (exact) mass is 434 g/mol. The van der Waals surface area contributed by atoms with Gasteiger partial charge < -0.3 is 5.32 Å². The minimum Gasteiger partial charge on any atom is -0.384 e. The van der Waals surface area contributed by atoms with Crippen LogP contribution in [-0.2, 0) is 9.59 Å². The number of Topliss-reactive ketones (excluding diaryl/α,β-unsaturated/α-hetero) is 2. The Kier molecular flexibility index (Phi) is 6.42. The molecule has 1 unspecified atom stereocenters. The van der Waals surface area contributed by atoms with E-state index in [-0.39, 0.29) is 30.8 Å². The molecule has 1 aromatic rings. The van der Waals surface area contributed by atoms with Gasteiger partial charge in [-0.2, -0.15) is 0 Å². The number of rotatable bonds is 8. The Hall–Kier alpha value is -2.02. The van der Waals surface area contributed by atoms with Gasteiger partial charge in [-0.25, -0.2) is 0 Å². The van der Waals surface area contributed by atoms with Gasteiger partial charge in [0.15, 0.2) is 5.78 Å². The molecule has 144 valence electrons. The summed E-state index contributed by atoms with van der Waals surface area (Å²) in [7, 11) is 0. The molecule has 0 aromatic heterocycles. The zero-order chi connectivity index (χ0) is 19.4. The molecule has 0 saturated heterocycles. The third-order valence-electron chi connectivity index (χ3n) is 5.07. The van der Waals surface area contributed by atoms with Gasteiger partial charge >= 0.3 is 0 Å². The van der Waals surface area contributed by atoms with Crippen molar-refractivity contribution in [3.05, 3.63) is 29.3 Å². The lowest BCUT2D eigenvalue weighted by Gasteiger charge is -2.27. The largest absolute Gasteiger partial charge is 0.384 e. The zero-order valence-electron chi connectivity index (χ0n) is 15.1. The predicted octanol–water partition coefficient (Wildman–Crippen LogP) is 3.34. The van der Waals surface area contributed by atoms with E-state index in [0.29, 0.717) is 16.8 Å². The molecule has 1 heterocycles. The molecular weight excluding hydrogens is 412 g/mol. The van der Waals surface area contributed by atoms with Gasteiger partial charge in [0, 0.05) is 24.0 Å². The minimum absolute atomic E-state index is 0.130. The molecule has 0 spiro atoms. The van der Waals surface area contributed by atoms with E-state index < -0.39 is 17.9 Å². The number of anilines is 1.